The zero-order chi connectivity index (χ0) is 14.7. The van der Waals surface area contributed by atoms with Crippen molar-refractivity contribution in [3.63, 3.8) is 0 Å². The molecule has 0 spiro atoms. The molecule has 5 nitrogen and oxygen atoms in total. The van der Waals surface area contributed by atoms with E-state index in [2.05, 4.69) is 31.1 Å². The average Bonchev–Trinajstić information content (AvgIpc) is 2.80. The van der Waals surface area contributed by atoms with Gasteiger partial charge in [-0.15, -0.1) is 0 Å². The van der Waals surface area contributed by atoms with Gasteiger partial charge in [-0.2, -0.15) is 0 Å². The third-order valence-electron chi connectivity index (χ3n) is 4.01. The van der Waals surface area contributed by atoms with Gasteiger partial charge in [-0.25, -0.2) is 4.98 Å². The first-order chi connectivity index (χ1) is 9.54. The molecule has 0 aromatic carbocycles. The number of rotatable bonds is 4. The molecular weight excluding hydrogens is 272 g/mol. The van der Waals surface area contributed by atoms with Crippen LogP contribution in [-0.2, 0) is 0 Å². The minimum absolute atomic E-state index is 0.0311. The average molecular weight is 296 g/mol. The number of hydrogen-bond donors (Lipinski definition) is 2. The lowest BCUT2D eigenvalue weighted by molar-refractivity contribution is 0.0557. The molecule has 2 unspecified atom stereocenters. The number of nitrogens with two attached hydrogens (primary N) is 1. The van der Waals surface area contributed by atoms with Crippen LogP contribution < -0.4 is 11.1 Å². The molecule has 6 heteroatoms. The zero-order valence-corrected chi connectivity index (χ0v) is 13.3. The van der Waals surface area contributed by atoms with Crippen molar-refractivity contribution < 1.29 is 4.79 Å². The van der Waals surface area contributed by atoms with Crippen LogP contribution in [0.4, 0.5) is 10.9 Å². The molecule has 1 aliphatic rings. The second-order valence-electron chi connectivity index (χ2n) is 5.52. The van der Waals surface area contributed by atoms with Gasteiger partial charge in [0.2, 0.25) is 0 Å². The summed E-state index contributed by atoms with van der Waals surface area (Å²) in [5, 5.41) is 3.93. The van der Waals surface area contributed by atoms with Gasteiger partial charge >= 0.3 is 0 Å². The normalized spacial score (nSPS) is 22.9. The van der Waals surface area contributed by atoms with E-state index in [0.717, 1.165) is 31.1 Å². The summed E-state index contributed by atoms with van der Waals surface area (Å²) in [7, 11) is 0. The number of nitrogen functional groups attached to an aromatic ring is 1. The first-order valence-corrected chi connectivity index (χ1v) is 8.17. The Morgan fingerprint density at radius 1 is 1.55 bits per heavy atom. The largest absolute Gasteiger partial charge is 0.382 e. The highest BCUT2D eigenvalue weighted by Crippen LogP contribution is 2.30. The van der Waals surface area contributed by atoms with Crippen molar-refractivity contribution in [2.75, 3.05) is 24.1 Å². The number of hydrogen-bond acceptors (Lipinski definition) is 5. The van der Waals surface area contributed by atoms with Crippen molar-refractivity contribution in [2.24, 2.45) is 5.92 Å². The van der Waals surface area contributed by atoms with Gasteiger partial charge in [0.1, 0.15) is 10.7 Å². The van der Waals surface area contributed by atoms with E-state index in [-0.39, 0.29) is 11.9 Å². The molecule has 1 amide bonds. The Morgan fingerprint density at radius 3 is 3.00 bits per heavy atom. The van der Waals surface area contributed by atoms with E-state index in [4.69, 9.17) is 5.73 Å². The maximum Gasteiger partial charge on any atom is 0.268 e. The topological polar surface area (TPSA) is 71.2 Å². The minimum Gasteiger partial charge on any atom is -0.382 e. The van der Waals surface area contributed by atoms with Crippen LogP contribution in [0.15, 0.2) is 0 Å². The summed E-state index contributed by atoms with van der Waals surface area (Å²) in [6.45, 7) is 8.08. The predicted molar refractivity (Wildman–Crippen MR) is 84.2 cm³/mol. The number of nitrogens with one attached hydrogen (secondary N) is 1. The number of thiazole rings is 1. The van der Waals surface area contributed by atoms with Gasteiger partial charge in [0.05, 0.1) is 0 Å². The van der Waals surface area contributed by atoms with E-state index >= 15 is 0 Å². The van der Waals surface area contributed by atoms with Gasteiger partial charge < -0.3 is 16.0 Å². The number of anilines is 2. The number of aromatic nitrogens is 1. The molecule has 1 saturated heterocycles. The SMILES string of the molecule is CCCNc1nc(N)c(C(=O)N2CCCC(C)C2C)s1. The third kappa shape index (κ3) is 3.06. The number of carbonyl (C=O) groups excluding carboxylic acids is 1. The van der Waals surface area contributed by atoms with Crippen molar-refractivity contribution in [1.29, 1.82) is 0 Å². The molecule has 2 heterocycles. The quantitative estimate of drug-likeness (QED) is 0.896. The summed E-state index contributed by atoms with van der Waals surface area (Å²) in [6, 6.07) is 0.268. The molecule has 3 N–H and O–H groups in total. The van der Waals surface area contributed by atoms with E-state index in [1.165, 1.54) is 17.8 Å². The van der Waals surface area contributed by atoms with Crippen LogP contribution >= 0.6 is 11.3 Å². The van der Waals surface area contributed by atoms with Gasteiger partial charge in [-0.3, -0.25) is 4.79 Å². The molecule has 0 radical (unpaired) electrons. The number of nitrogens with zero attached hydrogens (tertiary/aromatic N) is 2. The second kappa shape index (κ2) is 6.43. The smallest absolute Gasteiger partial charge is 0.268 e. The Morgan fingerprint density at radius 2 is 2.30 bits per heavy atom. The van der Waals surface area contributed by atoms with Gasteiger partial charge in [0.15, 0.2) is 5.13 Å². The van der Waals surface area contributed by atoms with Crippen molar-refractivity contribution in [1.82, 2.24) is 9.88 Å². The molecule has 1 aromatic rings. The fourth-order valence-electron chi connectivity index (χ4n) is 2.55. The summed E-state index contributed by atoms with van der Waals surface area (Å²) in [5.41, 5.74) is 5.91. The van der Waals surface area contributed by atoms with Crippen LogP contribution in [0.1, 0.15) is 49.7 Å². The summed E-state index contributed by atoms with van der Waals surface area (Å²) in [6.07, 6.45) is 3.27. The third-order valence-corrected chi connectivity index (χ3v) is 5.03. The van der Waals surface area contributed by atoms with Crippen molar-refractivity contribution >= 4 is 28.2 Å². The van der Waals surface area contributed by atoms with Crippen molar-refractivity contribution in [2.45, 2.75) is 46.1 Å². The summed E-state index contributed by atoms with van der Waals surface area (Å²) < 4.78 is 0. The maximum absolute atomic E-state index is 12.7. The van der Waals surface area contributed by atoms with Gasteiger partial charge in [0, 0.05) is 19.1 Å². The van der Waals surface area contributed by atoms with Crippen molar-refractivity contribution in [3.05, 3.63) is 4.88 Å². The second-order valence-corrected chi connectivity index (χ2v) is 6.52. The van der Waals surface area contributed by atoms with Crippen LogP contribution in [0.2, 0.25) is 0 Å². The molecule has 0 bridgehead atoms. The van der Waals surface area contributed by atoms with E-state index in [9.17, 15) is 4.79 Å². The Labute approximate surface area is 124 Å². The molecule has 2 atom stereocenters. The van der Waals surface area contributed by atoms with Crippen LogP contribution in [0.25, 0.3) is 0 Å². The Balaban J connectivity index is 2.14. The van der Waals surface area contributed by atoms with Crippen LogP contribution in [0, 0.1) is 5.92 Å². The summed E-state index contributed by atoms with van der Waals surface area (Å²) in [4.78, 5) is 19.4. The Hall–Kier alpha value is -1.30. The van der Waals surface area contributed by atoms with Gasteiger partial charge in [-0.05, 0) is 32.1 Å². The van der Waals surface area contributed by atoms with Crippen LogP contribution in [0.5, 0.6) is 0 Å². The molecule has 0 aliphatic carbocycles. The molecule has 0 saturated carbocycles. The molecule has 20 heavy (non-hydrogen) atoms. The fourth-order valence-corrected chi connectivity index (χ4v) is 3.41. The number of piperidine rings is 1. The first-order valence-electron chi connectivity index (χ1n) is 7.35. The molecule has 1 fully saturated rings. The fraction of sp³-hybridized carbons (Fsp3) is 0.714. The monoisotopic (exact) mass is 296 g/mol. The molecule has 112 valence electrons. The minimum atomic E-state index is 0.0311. The number of amides is 1. The highest BCUT2D eigenvalue weighted by atomic mass is 32.1. The van der Waals surface area contributed by atoms with Gasteiger partial charge in [-0.1, -0.05) is 25.2 Å². The highest BCUT2D eigenvalue weighted by molar-refractivity contribution is 7.18. The first kappa shape index (κ1) is 15.1. The summed E-state index contributed by atoms with van der Waals surface area (Å²) >= 11 is 1.37. The Bertz CT molecular complexity index is 474. The van der Waals surface area contributed by atoms with E-state index < -0.39 is 0 Å². The van der Waals surface area contributed by atoms with Crippen LogP contribution in [-0.4, -0.2) is 34.9 Å². The molecule has 1 aliphatic heterocycles. The maximum atomic E-state index is 12.7. The summed E-state index contributed by atoms with van der Waals surface area (Å²) in [5.74, 6) is 0.923. The van der Waals surface area contributed by atoms with E-state index in [0.29, 0.717) is 16.6 Å². The molecule has 1 aromatic heterocycles. The van der Waals surface area contributed by atoms with E-state index in [1.54, 1.807) is 0 Å². The molecule has 2 rings (SSSR count). The standard InChI is InChI=1S/C14H24N4OS/c1-4-7-16-14-17-12(15)11(20-14)13(19)18-8-5-6-9(2)10(18)3/h9-10H,4-8,15H2,1-3H3,(H,16,17). The number of carbonyl (C=O) groups is 1. The molecular formula is C14H24N4OS. The highest BCUT2D eigenvalue weighted by Gasteiger charge is 2.31. The lowest BCUT2D eigenvalue weighted by Crippen LogP contribution is -2.45. The van der Waals surface area contributed by atoms with E-state index in [1.807, 2.05) is 4.90 Å². The van der Waals surface area contributed by atoms with Gasteiger partial charge in [0.25, 0.3) is 5.91 Å². The van der Waals surface area contributed by atoms with Crippen molar-refractivity contribution in [3.8, 4) is 0 Å². The lowest BCUT2D eigenvalue weighted by atomic mass is 9.92. The van der Waals surface area contributed by atoms with Crippen LogP contribution in [0.3, 0.4) is 0 Å². The number of likely N-dealkylation sites (tertiary alicyclic amines) is 1. The zero-order valence-electron chi connectivity index (χ0n) is 12.5. The predicted octanol–water partition coefficient (Wildman–Crippen LogP) is 2.81. The Kier molecular flexibility index (Phi) is 4.86. The lowest BCUT2D eigenvalue weighted by Gasteiger charge is -2.37.